The van der Waals surface area contributed by atoms with Crippen molar-refractivity contribution in [2.24, 2.45) is 5.92 Å². The summed E-state index contributed by atoms with van der Waals surface area (Å²) >= 11 is 5.98. The number of anilines is 1. The van der Waals surface area contributed by atoms with Crippen LogP contribution in [0.4, 0.5) is 10.5 Å². The van der Waals surface area contributed by atoms with Gasteiger partial charge in [0.25, 0.3) is 0 Å². The van der Waals surface area contributed by atoms with E-state index in [-0.39, 0.29) is 5.92 Å². The Kier molecular flexibility index (Phi) is 5.18. The van der Waals surface area contributed by atoms with Crippen LogP contribution in [0.2, 0.25) is 5.02 Å². The second-order valence-electron chi connectivity index (χ2n) is 4.59. The average molecular weight is 285 g/mol. The number of carboxylic acid groups (broad SMARTS) is 1. The van der Waals surface area contributed by atoms with Crippen molar-refractivity contribution in [2.45, 2.75) is 26.8 Å². The largest absolute Gasteiger partial charge is 0.480 e. The maximum Gasteiger partial charge on any atom is 0.326 e. The summed E-state index contributed by atoms with van der Waals surface area (Å²) in [5.41, 5.74) is 1.29. The van der Waals surface area contributed by atoms with Crippen LogP contribution >= 0.6 is 11.6 Å². The van der Waals surface area contributed by atoms with E-state index >= 15 is 0 Å². The number of para-hydroxylation sites is 1. The first-order valence-electron chi connectivity index (χ1n) is 5.88. The van der Waals surface area contributed by atoms with Crippen molar-refractivity contribution >= 4 is 29.3 Å². The molecule has 0 spiro atoms. The van der Waals surface area contributed by atoms with E-state index in [4.69, 9.17) is 16.7 Å². The number of urea groups is 1. The fraction of sp³-hybridized carbons (Fsp3) is 0.385. The summed E-state index contributed by atoms with van der Waals surface area (Å²) in [6.45, 7) is 5.25. The van der Waals surface area contributed by atoms with E-state index in [9.17, 15) is 9.59 Å². The van der Waals surface area contributed by atoms with Gasteiger partial charge in [0.1, 0.15) is 6.04 Å². The highest BCUT2D eigenvalue weighted by atomic mass is 35.5. The van der Waals surface area contributed by atoms with Crippen LogP contribution in [0, 0.1) is 12.8 Å². The predicted octanol–water partition coefficient (Wildman–Crippen LogP) is 2.88. The number of halogens is 1. The van der Waals surface area contributed by atoms with Crippen LogP contribution in [0.1, 0.15) is 19.4 Å². The standard InChI is InChI=1S/C13H17ClN2O3/c1-7(2)10(12(17)18)15-13(19)16-11-8(3)5-4-6-9(11)14/h4-7,10H,1-3H3,(H,17,18)(H2,15,16,19)/t10-/m1/s1. The normalized spacial score (nSPS) is 12.1. The van der Waals surface area contributed by atoms with Crippen molar-refractivity contribution in [1.29, 1.82) is 0 Å². The molecule has 0 aromatic heterocycles. The molecule has 0 aliphatic carbocycles. The van der Waals surface area contributed by atoms with Gasteiger partial charge in [0.15, 0.2) is 0 Å². The average Bonchev–Trinajstić information content (AvgIpc) is 2.30. The second kappa shape index (κ2) is 6.43. The van der Waals surface area contributed by atoms with Gasteiger partial charge in [-0.1, -0.05) is 37.6 Å². The minimum absolute atomic E-state index is 0.212. The highest BCUT2D eigenvalue weighted by Crippen LogP contribution is 2.25. The zero-order valence-corrected chi connectivity index (χ0v) is 11.8. The van der Waals surface area contributed by atoms with Crippen molar-refractivity contribution in [3.63, 3.8) is 0 Å². The van der Waals surface area contributed by atoms with Gasteiger partial charge in [-0.15, -0.1) is 0 Å². The molecule has 6 heteroatoms. The first-order chi connectivity index (χ1) is 8.82. The van der Waals surface area contributed by atoms with E-state index < -0.39 is 18.0 Å². The molecule has 5 nitrogen and oxygen atoms in total. The highest BCUT2D eigenvalue weighted by molar-refractivity contribution is 6.33. The van der Waals surface area contributed by atoms with Gasteiger partial charge in [-0.25, -0.2) is 9.59 Å². The Morgan fingerprint density at radius 2 is 1.95 bits per heavy atom. The van der Waals surface area contributed by atoms with Gasteiger partial charge < -0.3 is 15.7 Å². The van der Waals surface area contributed by atoms with Gasteiger partial charge in [0.2, 0.25) is 0 Å². The summed E-state index contributed by atoms with van der Waals surface area (Å²) in [6, 6.07) is 3.70. The summed E-state index contributed by atoms with van der Waals surface area (Å²) in [7, 11) is 0. The van der Waals surface area contributed by atoms with Crippen LogP contribution < -0.4 is 10.6 Å². The van der Waals surface area contributed by atoms with Crippen molar-refractivity contribution in [3.8, 4) is 0 Å². The quantitative estimate of drug-likeness (QED) is 0.795. The van der Waals surface area contributed by atoms with E-state index in [1.54, 1.807) is 39.0 Å². The molecule has 1 aromatic carbocycles. The SMILES string of the molecule is Cc1cccc(Cl)c1NC(=O)N[C@@H](C(=O)O)C(C)C. The zero-order chi connectivity index (χ0) is 14.6. The first kappa shape index (κ1) is 15.3. The number of carbonyl (C=O) groups is 2. The van der Waals surface area contributed by atoms with Crippen molar-refractivity contribution in [1.82, 2.24) is 5.32 Å². The van der Waals surface area contributed by atoms with E-state index in [1.165, 1.54) is 0 Å². The van der Waals surface area contributed by atoms with Crippen LogP contribution in [0.25, 0.3) is 0 Å². The molecule has 1 aromatic rings. The van der Waals surface area contributed by atoms with Gasteiger partial charge in [-0.3, -0.25) is 0 Å². The number of aliphatic carboxylic acids is 1. The topological polar surface area (TPSA) is 78.4 Å². The third kappa shape index (κ3) is 4.13. The molecule has 0 aliphatic heterocycles. The Hall–Kier alpha value is -1.75. The molecule has 0 heterocycles. The molecule has 0 saturated heterocycles. The van der Waals surface area contributed by atoms with E-state index in [1.807, 2.05) is 0 Å². The van der Waals surface area contributed by atoms with Crippen LogP contribution in [0.15, 0.2) is 18.2 Å². The molecule has 3 N–H and O–H groups in total. The van der Waals surface area contributed by atoms with Gasteiger partial charge in [0, 0.05) is 0 Å². The fourth-order valence-corrected chi connectivity index (χ4v) is 1.86. The third-order valence-electron chi connectivity index (χ3n) is 2.68. The maximum atomic E-state index is 11.8. The summed E-state index contributed by atoms with van der Waals surface area (Å²) in [4.78, 5) is 22.8. The van der Waals surface area contributed by atoms with Crippen LogP contribution in [0.5, 0.6) is 0 Å². The number of benzene rings is 1. The smallest absolute Gasteiger partial charge is 0.326 e. The number of hydrogen-bond acceptors (Lipinski definition) is 2. The number of nitrogens with one attached hydrogen (secondary N) is 2. The molecule has 0 unspecified atom stereocenters. The molecular formula is C13H17ClN2O3. The predicted molar refractivity (Wildman–Crippen MR) is 74.6 cm³/mol. The van der Waals surface area contributed by atoms with E-state index in [0.29, 0.717) is 10.7 Å². The van der Waals surface area contributed by atoms with Crippen LogP contribution in [-0.2, 0) is 4.79 Å². The van der Waals surface area contributed by atoms with Crippen LogP contribution in [-0.4, -0.2) is 23.1 Å². The lowest BCUT2D eigenvalue weighted by Crippen LogP contribution is -2.46. The minimum atomic E-state index is -1.07. The molecule has 0 aliphatic rings. The minimum Gasteiger partial charge on any atom is -0.480 e. The Bertz CT molecular complexity index is 469. The summed E-state index contributed by atoms with van der Waals surface area (Å²) in [5.74, 6) is -1.28. The molecule has 2 amide bonds. The highest BCUT2D eigenvalue weighted by Gasteiger charge is 2.23. The Balaban J connectivity index is 2.78. The van der Waals surface area contributed by atoms with Crippen molar-refractivity contribution in [2.75, 3.05) is 5.32 Å². The maximum absolute atomic E-state index is 11.8. The number of hydrogen-bond donors (Lipinski definition) is 3. The van der Waals surface area contributed by atoms with Crippen molar-refractivity contribution < 1.29 is 14.7 Å². The molecule has 104 valence electrons. The Morgan fingerprint density at radius 3 is 2.42 bits per heavy atom. The number of aryl methyl sites for hydroxylation is 1. The summed E-state index contributed by atoms with van der Waals surface area (Å²) in [6.07, 6.45) is 0. The lowest BCUT2D eigenvalue weighted by atomic mass is 10.1. The van der Waals surface area contributed by atoms with E-state index in [2.05, 4.69) is 10.6 Å². The molecule has 0 fully saturated rings. The van der Waals surface area contributed by atoms with Crippen molar-refractivity contribution in [3.05, 3.63) is 28.8 Å². The Labute approximate surface area is 117 Å². The lowest BCUT2D eigenvalue weighted by Gasteiger charge is -2.19. The number of amides is 2. The molecule has 19 heavy (non-hydrogen) atoms. The molecular weight excluding hydrogens is 268 g/mol. The Morgan fingerprint density at radius 1 is 1.32 bits per heavy atom. The lowest BCUT2D eigenvalue weighted by molar-refractivity contribution is -0.140. The van der Waals surface area contributed by atoms with Crippen LogP contribution in [0.3, 0.4) is 0 Å². The van der Waals surface area contributed by atoms with Gasteiger partial charge in [-0.05, 0) is 24.5 Å². The van der Waals surface area contributed by atoms with Gasteiger partial charge in [-0.2, -0.15) is 0 Å². The number of carboxylic acids is 1. The molecule has 0 radical (unpaired) electrons. The molecule has 0 saturated carbocycles. The van der Waals surface area contributed by atoms with Gasteiger partial charge in [0.05, 0.1) is 10.7 Å². The monoisotopic (exact) mass is 284 g/mol. The zero-order valence-electron chi connectivity index (χ0n) is 11.0. The number of rotatable bonds is 4. The third-order valence-corrected chi connectivity index (χ3v) is 2.99. The molecule has 0 bridgehead atoms. The number of carbonyl (C=O) groups excluding carboxylic acids is 1. The molecule has 1 atom stereocenters. The molecule has 1 rings (SSSR count). The second-order valence-corrected chi connectivity index (χ2v) is 5.00. The fourth-order valence-electron chi connectivity index (χ4n) is 1.59. The van der Waals surface area contributed by atoms with E-state index in [0.717, 1.165) is 5.56 Å². The summed E-state index contributed by atoms with van der Waals surface area (Å²) in [5, 5.41) is 14.4. The van der Waals surface area contributed by atoms with Gasteiger partial charge >= 0.3 is 12.0 Å². The summed E-state index contributed by atoms with van der Waals surface area (Å²) < 4.78 is 0. The first-order valence-corrected chi connectivity index (χ1v) is 6.26.